The van der Waals surface area contributed by atoms with Gasteiger partial charge in [-0.25, -0.2) is 4.68 Å². The van der Waals surface area contributed by atoms with Gasteiger partial charge < -0.3 is 14.8 Å². The van der Waals surface area contributed by atoms with E-state index in [9.17, 15) is 24.4 Å². The molecule has 0 spiro atoms. The number of carboxylic acid groups (broad SMARTS) is 1. The molecule has 1 saturated heterocycles. The van der Waals surface area contributed by atoms with E-state index in [2.05, 4.69) is 15.3 Å². The van der Waals surface area contributed by atoms with E-state index < -0.39 is 19.0 Å². The maximum Gasteiger partial charge on any atom is 0.306 e. The normalized spacial score (nSPS) is 26.0. The largest absolute Gasteiger partial charge is 0.505 e. The first-order chi connectivity index (χ1) is 18.3. The molecule has 1 aliphatic heterocycles. The number of hydrogen-bond donors (Lipinski definition) is 3. The lowest BCUT2D eigenvalue weighted by Gasteiger charge is -2.29. The summed E-state index contributed by atoms with van der Waals surface area (Å²) in [7, 11) is -2.46. The topological polar surface area (TPSA) is 137 Å². The number of phenolic OH excluding ortho intramolecular Hbond substituents is 1. The van der Waals surface area contributed by atoms with Gasteiger partial charge in [0.15, 0.2) is 5.69 Å². The standard InChI is InChI=1S/C28H33N4O5P/c1-18-25(27(34)32(31-18)21-13-15-38(37,16-14-21)22-9-3-2-4-10-22)30-29-24-12-6-11-23(26(24)33)19-7-5-8-20(17-19)28(35)36/h2-4,6,9-12,19-21,31,33H,5,7-8,13-17H2,1H3,(H,35,36). The van der Waals surface area contributed by atoms with Gasteiger partial charge in [-0.2, -0.15) is 0 Å². The van der Waals surface area contributed by atoms with E-state index in [1.54, 1.807) is 29.8 Å². The van der Waals surface area contributed by atoms with Gasteiger partial charge in [0, 0.05) is 17.6 Å². The number of nitrogens with one attached hydrogen (secondary N) is 1. The molecule has 0 bridgehead atoms. The lowest BCUT2D eigenvalue weighted by molar-refractivity contribution is -0.143. The average molecular weight is 537 g/mol. The average Bonchev–Trinajstić information content (AvgIpc) is 3.21. The fourth-order valence-electron chi connectivity index (χ4n) is 5.88. The predicted octanol–water partition coefficient (Wildman–Crippen LogP) is 5.99. The molecule has 2 unspecified atom stereocenters. The monoisotopic (exact) mass is 536 g/mol. The van der Waals surface area contributed by atoms with Gasteiger partial charge >= 0.3 is 5.97 Å². The molecule has 1 aliphatic carbocycles. The third-order valence-electron chi connectivity index (χ3n) is 8.07. The van der Waals surface area contributed by atoms with Crippen LogP contribution in [-0.4, -0.2) is 38.3 Å². The van der Waals surface area contributed by atoms with Crippen LogP contribution in [-0.2, 0) is 9.36 Å². The van der Waals surface area contributed by atoms with Crippen LogP contribution >= 0.6 is 7.14 Å². The van der Waals surface area contributed by atoms with E-state index in [4.69, 9.17) is 0 Å². The highest BCUT2D eigenvalue weighted by Gasteiger charge is 2.33. The Kier molecular flexibility index (Phi) is 7.39. The van der Waals surface area contributed by atoms with Crippen molar-refractivity contribution in [2.45, 2.75) is 57.4 Å². The molecule has 9 nitrogen and oxygen atoms in total. The zero-order chi connectivity index (χ0) is 26.9. The van der Waals surface area contributed by atoms with Crippen LogP contribution in [0.4, 0.5) is 11.4 Å². The summed E-state index contributed by atoms with van der Waals surface area (Å²) < 4.78 is 15.0. The molecule has 10 heteroatoms. The number of aromatic hydroxyl groups is 1. The highest BCUT2D eigenvalue weighted by atomic mass is 31.2. The number of aromatic amines is 1. The molecule has 2 fully saturated rings. The molecule has 38 heavy (non-hydrogen) atoms. The number of phenols is 1. The molecule has 0 amide bonds. The summed E-state index contributed by atoms with van der Waals surface area (Å²) >= 11 is 0. The first kappa shape index (κ1) is 26.2. The first-order valence-electron chi connectivity index (χ1n) is 13.2. The molecule has 2 atom stereocenters. The van der Waals surface area contributed by atoms with Gasteiger partial charge in [0.1, 0.15) is 18.6 Å². The number of benzene rings is 2. The van der Waals surface area contributed by atoms with Crippen molar-refractivity contribution >= 4 is 29.8 Å². The van der Waals surface area contributed by atoms with E-state index in [0.717, 1.165) is 18.1 Å². The summed E-state index contributed by atoms with van der Waals surface area (Å²) in [6, 6.07) is 14.7. The van der Waals surface area contributed by atoms with Gasteiger partial charge in [0.25, 0.3) is 5.56 Å². The van der Waals surface area contributed by atoms with Crippen LogP contribution < -0.4 is 10.9 Å². The number of nitrogens with zero attached hydrogens (tertiary/aromatic N) is 3. The molecule has 0 radical (unpaired) electrons. The summed E-state index contributed by atoms with van der Waals surface area (Å²) in [5, 5.41) is 32.8. The van der Waals surface area contributed by atoms with Crippen molar-refractivity contribution in [3.05, 3.63) is 70.1 Å². The van der Waals surface area contributed by atoms with E-state index in [-0.39, 0.29) is 34.6 Å². The number of aliphatic carboxylic acids is 1. The van der Waals surface area contributed by atoms with Crippen molar-refractivity contribution in [2.24, 2.45) is 16.1 Å². The summed E-state index contributed by atoms with van der Waals surface area (Å²) in [5.74, 6) is -1.31. The van der Waals surface area contributed by atoms with Crippen LogP contribution in [0.5, 0.6) is 5.75 Å². The minimum absolute atomic E-state index is 0.0234. The Balaban J connectivity index is 1.33. The molecule has 200 valence electrons. The number of H-pyrrole nitrogens is 1. The molecule has 1 aromatic heterocycles. The van der Waals surface area contributed by atoms with Crippen LogP contribution in [0.2, 0.25) is 0 Å². The maximum atomic E-state index is 13.5. The minimum atomic E-state index is -2.46. The molecule has 1 saturated carbocycles. The summed E-state index contributed by atoms with van der Waals surface area (Å²) in [5.41, 5.74) is 1.37. The Morgan fingerprint density at radius 1 is 1.03 bits per heavy atom. The summed E-state index contributed by atoms with van der Waals surface area (Å²) in [6.07, 6.45) is 5.07. The Morgan fingerprint density at radius 3 is 2.47 bits per heavy atom. The van der Waals surface area contributed by atoms with Gasteiger partial charge in [-0.1, -0.05) is 48.9 Å². The third kappa shape index (κ3) is 5.12. The van der Waals surface area contributed by atoms with Gasteiger partial charge in [-0.05, 0) is 56.6 Å². The summed E-state index contributed by atoms with van der Waals surface area (Å²) in [4.78, 5) is 24.7. The SMILES string of the molecule is Cc1[nH]n(C2CCP(=O)(c3ccccc3)CC2)c(=O)c1N=Nc1cccc(C2CCCC(C(=O)O)C2)c1O. The van der Waals surface area contributed by atoms with Crippen LogP contribution in [0.25, 0.3) is 0 Å². The van der Waals surface area contributed by atoms with Crippen LogP contribution in [0, 0.1) is 12.8 Å². The Hall–Kier alpha value is -3.45. The number of para-hydroxylation sites is 1. The highest BCUT2D eigenvalue weighted by Crippen LogP contribution is 2.51. The lowest BCUT2D eigenvalue weighted by Crippen LogP contribution is -2.28. The van der Waals surface area contributed by atoms with E-state index in [1.807, 2.05) is 30.3 Å². The van der Waals surface area contributed by atoms with E-state index >= 15 is 0 Å². The zero-order valence-electron chi connectivity index (χ0n) is 21.4. The van der Waals surface area contributed by atoms with Crippen molar-refractivity contribution in [1.29, 1.82) is 0 Å². The van der Waals surface area contributed by atoms with Crippen molar-refractivity contribution < 1.29 is 19.6 Å². The number of aryl methyl sites for hydroxylation is 1. The second-order valence-corrected chi connectivity index (χ2v) is 13.7. The molecule has 2 heterocycles. The van der Waals surface area contributed by atoms with Gasteiger partial charge in [-0.15, -0.1) is 10.2 Å². The number of carbonyl (C=O) groups is 1. The fourth-order valence-corrected chi connectivity index (χ4v) is 8.77. The van der Waals surface area contributed by atoms with Gasteiger partial charge in [0.05, 0.1) is 17.7 Å². The zero-order valence-corrected chi connectivity index (χ0v) is 22.3. The van der Waals surface area contributed by atoms with Crippen LogP contribution in [0.15, 0.2) is 63.6 Å². The quantitative estimate of drug-likeness (QED) is 0.263. The lowest BCUT2D eigenvalue weighted by atomic mass is 9.77. The van der Waals surface area contributed by atoms with Crippen LogP contribution in [0.1, 0.15) is 61.7 Å². The fraction of sp³-hybridized carbons (Fsp3) is 0.429. The second kappa shape index (κ2) is 10.7. The molecular formula is C28H33N4O5P. The number of hydrogen-bond acceptors (Lipinski definition) is 6. The van der Waals surface area contributed by atoms with E-state index in [1.165, 1.54) is 0 Å². The molecule has 2 aliphatic rings. The van der Waals surface area contributed by atoms with Crippen molar-refractivity contribution in [3.8, 4) is 5.75 Å². The molecule has 2 aromatic carbocycles. The van der Waals surface area contributed by atoms with Crippen LogP contribution in [0.3, 0.4) is 0 Å². The Morgan fingerprint density at radius 2 is 1.76 bits per heavy atom. The number of aromatic nitrogens is 2. The maximum absolute atomic E-state index is 13.5. The first-order valence-corrected chi connectivity index (χ1v) is 15.3. The van der Waals surface area contributed by atoms with E-state index in [0.29, 0.717) is 49.3 Å². The molecular weight excluding hydrogens is 503 g/mol. The van der Waals surface area contributed by atoms with Crippen molar-refractivity contribution in [3.63, 3.8) is 0 Å². The second-order valence-electron chi connectivity index (χ2n) is 10.5. The third-order valence-corrected chi connectivity index (χ3v) is 11.3. The molecule has 5 rings (SSSR count). The van der Waals surface area contributed by atoms with Crippen molar-refractivity contribution in [1.82, 2.24) is 9.78 Å². The predicted molar refractivity (Wildman–Crippen MR) is 146 cm³/mol. The Bertz CT molecular complexity index is 1450. The molecule has 3 N–H and O–H groups in total. The number of azo groups is 1. The Labute approximate surface area is 221 Å². The minimum Gasteiger partial charge on any atom is -0.505 e. The number of rotatable bonds is 6. The number of carboxylic acids is 1. The van der Waals surface area contributed by atoms with Gasteiger partial charge in [-0.3, -0.25) is 14.7 Å². The highest BCUT2D eigenvalue weighted by molar-refractivity contribution is 7.71. The van der Waals surface area contributed by atoms with Gasteiger partial charge in [0.2, 0.25) is 0 Å². The molecule has 3 aromatic rings. The smallest absolute Gasteiger partial charge is 0.306 e. The van der Waals surface area contributed by atoms with Crippen molar-refractivity contribution in [2.75, 3.05) is 12.3 Å². The summed E-state index contributed by atoms with van der Waals surface area (Å²) in [6.45, 7) is 1.76.